The van der Waals surface area contributed by atoms with Crippen LogP contribution in [0.15, 0.2) is 12.1 Å². The van der Waals surface area contributed by atoms with E-state index in [-0.39, 0.29) is 0 Å². The Hall–Kier alpha value is -0.980. The molecule has 0 fully saturated rings. The lowest BCUT2D eigenvalue weighted by atomic mass is 9.75. The number of rotatable bonds is 0. The van der Waals surface area contributed by atoms with Gasteiger partial charge in [0.15, 0.2) is 0 Å². The molecule has 0 aromatic heterocycles. The largest absolute Gasteiger partial charge is 0.507 e. The molecular formula is C18H30O. The molecule has 1 heteroatoms. The first-order valence-corrected chi connectivity index (χ1v) is 5.55. The minimum atomic E-state index is -4.06. The lowest BCUT2D eigenvalue weighted by Gasteiger charge is -2.31. The molecular weight excluding hydrogens is 232 g/mol. The maximum Gasteiger partial charge on any atom is 0.123 e. The van der Waals surface area contributed by atoms with Crippen molar-refractivity contribution < 1.29 is 31.2 Å². The molecule has 0 spiro atoms. The summed E-state index contributed by atoms with van der Waals surface area (Å²) in [5, 5.41) is 11.4. The van der Waals surface area contributed by atoms with E-state index < -0.39 is 85.8 Å². The molecule has 0 aliphatic rings. The summed E-state index contributed by atoms with van der Waals surface area (Å²) < 4.78 is 152. The van der Waals surface area contributed by atoms with E-state index in [1.807, 2.05) is 0 Å². The summed E-state index contributed by atoms with van der Waals surface area (Å²) in [6.45, 7) is -19.9. The second kappa shape index (κ2) is 4.54. The Morgan fingerprint density at radius 3 is 1.79 bits per heavy atom. The zero-order valence-corrected chi connectivity index (χ0v) is 11.0. The topological polar surface area (TPSA) is 20.2 Å². The number of benzene rings is 1. The van der Waals surface area contributed by atoms with Crippen molar-refractivity contribution in [3.8, 4) is 5.75 Å². The minimum absolute atomic E-state index is 0.482. The smallest absolute Gasteiger partial charge is 0.123 e. The van der Waals surface area contributed by atoms with Crippen LogP contribution in [0.1, 0.15) is 105 Å². The van der Waals surface area contributed by atoms with Gasteiger partial charge in [-0.1, -0.05) is 74.0 Å². The number of hydrogen-bond acceptors (Lipinski definition) is 1. The highest BCUT2D eigenvalue weighted by Crippen LogP contribution is 2.41. The average molecular weight is 282 g/mol. The third kappa shape index (κ3) is 3.52. The molecule has 0 saturated heterocycles. The van der Waals surface area contributed by atoms with E-state index in [4.69, 9.17) is 26.0 Å². The Balaban J connectivity index is 5.00. The number of aromatic hydroxyl groups is 1. The molecule has 0 bridgehead atoms. The molecule has 0 atom stereocenters. The SMILES string of the molecule is [2H]c1c(C(C)(C)C)cc(C(C([2H])([2H])[2H])(C([2H])([2H])[2H])C([2H])([2H])[2H])c(O)c1C(C([2H])([2H])[2H])(C([2H])([2H])[2H])C([2H])([2H])[2H]. The molecule has 0 saturated carbocycles. The first-order valence-electron chi connectivity index (χ1n) is 15.1. The Bertz CT molecular complexity index is 965. The molecule has 0 amide bonds. The second-order valence-corrected chi connectivity index (χ2v) is 5.57. The summed E-state index contributed by atoms with van der Waals surface area (Å²) in [5.41, 5.74) is -12.9. The summed E-state index contributed by atoms with van der Waals surface area (Å²) >= 11 is 0. The molecule has 1 nitrogen and oxygen atoms in total. The lowest BCUT2D eigenvalue weighted by Crippen LogP contribution is -2.21. The van der Waals surface area contributed by atoms with E-state index in [1.165, 1.54) is 20.8 Å². The normalized spacial score (nSPS) is 32.5. The van der Waals surface area contributed by atoms with Crippen molar-refractivity contribution in [3.63, 3.8) is 0 Å². The van der Waals surface area contributed by atoms with E-state index >= 15 is 0 Å². The fourth-order valence-corrected chi connectivity index (χ4v) is 1.54. The van der Waals surface area contributed by atoms with Gasteiger partial charge in [-0.2, -0.15) is 0 Å². The highest BCUT2D eigenvalue weighted by Gasteiger charge is 2.28. The first-order chi connectivity index (χ1) is 16.2. The van der Waals surface area contributed by atoms with Crippen molar-refractivity contribution in [1.82, 2.24) is 0 Å². The van der Waals surface area contributed by atoms with Crippen LogP contribution in [0.3, 0.4) is 0 Å². The molecule has 0 heterocycles. The van der Waals surface area contributed by atoms with Crippen LogP contribution in [0.2, 0.25) is 0 Å². The fourth-order valence-electron chi connectivity index (χ4n) is 1.54. The molecule has 1 rings (SSSR count). The van der Waals surface area contributed by atoms with Crippen LogP contribution in [0.4, 0.5) is 0 Å². The number of hydrogen-bond donors (Lipinski definition) is 1. The Morgan fingerprint density at radius 2 is 1.37 bits per heavy atom. The van der Waals surface area contributed by atoms with Crippen molar-refractivity contribution in [2.75, 3.05) is 0 Å². The van der Waals surface area contributed by atoms with Gasteiger partial charge in [0, 0.05) is 24.7 Å². The van der Waals surface area contributed by atoms with Gasteiger partial charge in [-0.25, -0.2) is 0 Å². The van der Waals surface area contributed by atoms with Crippen LogP contribution in [0.5, 0.6) is 5.75 Å². The summed E-state index contributed by atoms with van der Waals surface area (Å²) in [4.78, 5) is 0. The van der Waals surface area contributed by atoms with E-state index in [0.29, 0.717) is 6.07 Å². The van der Waals surface area contributed by atoms with Crippen LogP contribution in [0, 0.1) is 0 Å². The predicted molar refractivity (Wildman–Crippen MR) is 84.2 cm³/mol. The van der Waals surface area contributed by atoms with Crippen LogP contribution >= 0.6 is 0 Å². The van der Waals surface area contributed by atoms with Gasteiger partial charge in [0.05, 0.1) is 1.37 Å². The molecule has 0 aliphatic heterocycles. The van der Waals surface area contributed by atoms with Crippen LogP contribution in [0.25, 0.3) is 0 Å². The van der Waals surface area contributed by atoms with E-state index in [1.54, 1.807) is 0 Å². The quantitative estimate of drug-likeness (QED) is 0.685. The van der Waals surface area contributed by atoms with Crippen molar-refractivity contribution in [1.29, 1.82) is 0 Å². The highest BCUT2D eigenvalue weighted by atomic mass is 16.3. The zero-order chi connectivity index (χ0) is 31.1. The van der Waals surface area contributed by atoms with Gasteiger partial charge in [-0.3, -0.25) is 0 Å². The highest BCUT2D eigenvalue weighted by molar-refractivity contribution is 5.51. The molecule has 0 unspecified atom stereocenters. The van der Waals surface area contributed by atoms with Crippen molar-refractivity contribution in [2.45, 2.75) is 78.1 Å². The third-order valence-corrected chi connectivity index (χ3v) is 2.63. The molecule has 1 N–H and O–H groups in total. The average Bonchev–Trinajstić information content (AvgIpc) is 2.52. The summed E-state index contributed by atoms with van der Waals surface area (Å²) in [5.74, 6) is -1.82. The Labute approximate surface area is 145 Å². The summed E-state index contributed by atoms with van der Waals surface area (Å²) in [7, 11) is 0. The predicted octanol–water partition coefficient (Wildman–Crippen LogP) is 5.28. The van der Waals surface area contributed by atoms with Gasteiger partial charge >= 0.3 is 0 Å². The number of phenols is 1. The van der Waals surface area contributed by atoms with Crippen molar-refractivity contribution in [2.24, 2.45) is 0 Å². The van der Waals surface area contributed by atoms with Gasteiger partial charge in [-0.05, 0) is 32.9 Å². The van der Waals surface area contributed by atoms with Gasteiger partial charge < -0.3 is 5.11 Å². The van der Waals surface area contributed by atoms with Gasteiger partial charge in [0.2, 0.25) is 0 Å². The van der Waals surface area contributed by atoms with Gasteiger partial charge in [-0.15, -0.1) is 0 Å². The monoisotopic (exact) mass is 281 g/mol. The molecule has 19 heavy (non-hydrogen) atoms. The molecule has 0 aliphatic carbocycles. The molecule has 1 aromatic carbocycles. The molecule has 1 aromatic rings. The fraction of sp³-hybridized carbons (Fsp3) is 0.667. The maximum absolute atomic E-state index is 11.4. The van der Waals surface area contributed by atoms with E-state index in [0.717, 1.165) is 0 Å². The van der Waals surface area contributed by atoms with E-state index in [2.05, 4.69) is 0 Å². The summed E-state index contributed by atoms with van der Waals surface area (Å²) in [6, 6.07) is -0.534. The van der Waals surface area contributed by atoms with Crippen molar-refractivity contribution in [3.05, 3.63) is 28.8 Å². The molecule has 0 radical (unpaired) electrons. The van der Waals surface area contributed by atoms with Crippen LogP contribution in [-0.4, -0.2) is 5.11 Å². The number of phenolic OH excluding ortho intramolecular Hbond substituents is 1. The lowest BCUT2D eigenvalue weighted by molar-refractivity contribution is 0.421. The first kappa shape index (κ1) is 3.81. The van der Waals surface area contributed by atoms with E-state index in [9.17, 15) is 5.11 Å². The Kier molecular flexibility index (Phi) is 0.910. The van der Waals surface area contributed by atoms with Crippen LogP contribution in [-0.2, 0) is 16.2 Å². The minimum Gasteiger partial charge on any atom is -0.507 e. The van der Waals surface area contributed by atoms with Gasteiger partial charge in [0.25, 0.3) is 0 Å². The summed E-state index contributed by atoms with van der Waals surface area (Å²) in [6.07, 6.45) is 0. The zero-order valence-electron chi connectivity index (χ0n) is 30.0. The van der Waals surface area contributed by atoms with Crippen molar-refractivity contribution >= 4 is 0 Å². The maximum atomic E-state index is 11.4. The molecule has 108 valence electrons. The third-order valence-electron chi connectivity index (χ3n) is 2.63. The standard InChI is InChI=1S/C18H30O/c1-16(2,3)12-10-13(17(4,5)6)15(19)14(11-12)18(7,8)9/h10-11,19H,1-9H3/i4D3,5D3,6D3,7D3,8D3,9D3,10D. The second-order valence-electron chi connectivity index (χ2n) is 5.57. The van der Waals surface area contributed by atoms with Gasteiger partial charge in [0.1, 0.15) is 5.75 Å². The van der Waals surface area contributed by atoms with Crippen LogP contribution < -0.4 is 0 Å². The Morgan fingerprint density at radius 1 is 0.895 bits per heavy atom.